The van der Waals surface area contributed by atoms with Crippen LogP contribution in [0.3, 0.4) is 0 Å². The number of carbonyl (C=O) groups is 4. The summed E-state index contributed by atoms with van der Waals surface area (Å²) in [6.45, 7) is 0.0818. The Kier molecular flexibility index (Phi) is 5.17. The third-order valence-corrected chi connectivity index (χ3v) is 7.44. The minimum absolute atomic E-state index is 0.0818. The van der Waals surface area contributed by atoms with Crippen molar-refractivity contribution < 1.29 is 24.3 Å². The Morgan fingerprint density at radius 2 is 2.35 bits per heavy atom. The van der Waals surface area contributed by atoms with Crippen LogP contribution < -0.4 is 10.6 Å². The average Bonchev–Trinajstić information content (AvgIpc) is 3.04. The number of nitrogen functional groups attached to an aromatic ring is 1. The zero-order valence-corrected chi connectivity index (χ0v) is 16.1. The predicted octanol–water partition coefficient (Wildman–Crippen LogP) is -0.0251. The molecule has 0 saturated carbocycles. The number of β-lactam (4-membered cyclic amide) rings is 1. The van der Waals surface area contributed by atoms with Crippen molar-refractivity contribution >= 4 is 69.9 Å². The topological polar surface area (TPSA) is 134 Å². The molecule has 3 heterocycles. The summed E-state index contributed by atoms with van der Waals surface area (Å²) in [4.78, 5) is 54.1. The Morgan fingerprint density at radius 3 is 2.88 bits per heavy atom. The number of thioether (sulfide) groups is 2. The molecular weight excluding hydrogens is 400 g/mol. The fraction of sp³-hybridized carbons (Fsp3) is 0.500. The molecule has 140 valence electrons. The Hall–Kier alpha value is -1.79. The molecule has 0 radical (unpaired) electrons. The normalized spacial score (nSPS) is 27.4. The number of rotatable bonds is 6. The van der Waals surface area contributed by atoms with Gasteiger partial charge in [-0.25, -0.2) is 4.98 Å². The molecule has 2 saturated heterocycles. The third-order valence-electron chi connectivity index (χ3n) is 4.36. The number of nitrogens with two attached hydrogens (primary N) is 1. The van der Waals surface area contributed by atoms with Crippen LogP contribution in [0, 0.1) is 5.41 Å². The van der Waals surface area contributed by atoms with Crippen LogP contribution in [0.15, 0.2) is 5.38 Å². The van der Waals surface area contributed by atoms with Crippen LogP contribution in [0.5, 0.6) is 0 Å². The SMILES string of the molecule is CSCC1(C(=O)O)CS[C@@H]2C(N(C(=O)C=O)c3csc(N)n3)C(=O)N2C1. The molecule has 26 heavy (non-hydrogen) atoms. The summed E-state index contributed by atoms with van der Waals surface area (Å²) in [5.41, 5.74) is 4.58. The lowest BCUT2D eigenvalue weighted by atomic mass is 9.89. The lowest BCUT2D eigenvalue weighted by Crippen LogP contribution is -2.75. The van der Waals surface area contributed by atoms with E-state index in [1.54, 1.807) is 0 Å². The number of hydrogen-bond donors (Lipinski definition) is 2. The summed E-state index contributed by atoms with van der Waals surface area (Å²) in [5, 5.41) is 10.9. The Labute approximate surface area is 161 Å². The minimum Gasteiger partial charge on any atom is -0.481 e. The zero-order chi connectivity index (χ0) is 19.1. The van der Waals surface area contributed by atoms with E-state index in [1.165, 1.54) is 33.8 Å². The summed E-state index contributed by atoms with van der Waals surface area (Å²) in [5.74, 6) is -1.36. The van der Waals surface area contributed by atoms with E-state index in [1.807, 2.05) is 6.26 Å². The molecule has 1 aromatic rings. The quantitative estimate of drug-likeness (QED) is 0.372. The van der Waals surface area contributed by atoms with Crippen molar-refractivity contribution in [1.29, 1.82) is 0 Å². The van der Waals surface area contributed by atoms with Gasteiger partial charge in [-0.2, -0.15) is 11.8 Å². The number of aromatic nitrogens is 1. The van der Waals surface area contributed by atoms with Gasteiger partial charge in [0.25, 0.3) is 5.91 Å². The van der Waals surface area contributed by atoms with E-state index < -0.39 is 34.6 Å². The number of anilines is 2. The summed E-state index contributed by atoms with van der Waals surface area (Å²) in [6, 6.07) is -0.889. The van der Waals surface area contributed by atoms with E-state index in [0.717, 1.165) is 16.2 Å². The number of carboxylic acid groups (broad SMARTS) is 1. The maximum atomic E-state index is 12.7. The number of carbonyl (C=O) groups excluding carboxylic acids is 3. The van der Waals surface area contributed by atoms with Gasteiger partial charge in [0, 0.05) is 23.4 Å². The molecule has 2 unspecified atom stereocenters. The van der Waals surface area contributed by atoms with Crippen LogP contribution >= 0.6 is 34.9 Å². The summed E-state index contributed by atoms with van der Waals surface area (Å²) < 4.78 is 0. The fourth-order valence-corrected chi connectivity index (χ4v) is 6.23. The van der Waals surface area contributed by atoms with Crippen LogP contribution in [0.25, 0.3) is 0 Å². The second kappa shape index (κ2) is 7.08. The summed E-state index contributed by atoms with van der Waals surface area (Å²) >= 11 is 3.82. The smallest absolute Gasteiger partial charge is 0.313 e. The molecule has 12 heteroatoms. The first-order valence-electron chi connectivity index (χ1n) is 7.48. The highest BCUT2D eigenvalue weighted by atomic mass is 32.2. The van der Waals surface area contributed by atoms with Crippen molar-refractivity contribution in [1.82, 2.24) is 9.88 Å². The first kappa shape index (κ1) is 19.0. The van der Waals surface area contributed by atoms with E-state index in [-0.39, 0.29) is 23.8 Å². The van der Waals surface area contributed by atoms with Gasteiger partial charge in [-0.3, -0.25) is 24.1 Å². The number of fused-ring (bicyclic) bond motifs is 1. The molecule has 9 nitrogen and oxygen atoms in total. The van der Waals surface area contributed by atoms with Crippen LogP contribution in [0.4, 0.5) is 10.9 Å². The molecule has 2 amide bonds. The highest BCUT2D eigenvalue weighted by Gasteiger charge is 2.59. The van der Waals surface area contributed by atoms with Crippen LogP contribution in [0.2, 0.25) is 0 Å². The number of amides is 2. The van der Waals surface area contributed by atoms with Crippen molar-refractivity contribution in [2.75, 3.05) is 34.9 Å². The standard InChI is InChI=1S/C14H16N4O5S3/c1-24-5-14(12(22)23)4-17-10(21)9(11(17)26-6-14)18(8(20)2-19)7-3-25-13(15)16-7/h2-3,9,11H,4-6H2,1H3,(H2,15,16)(H,22,23)/t9?,11-,14?/m1/s1. The zero-order valence-electron chi connectivity index (χ0n) is 13.7. The van der Waals surface area contributed by atoms with Gasteiger partial charge < -0.3 is 15.7 Å². The van der Waals surface area contributed by atoms with Gasteiger partial charge in [0.15, 0.2) is 5.13 Å². The van der Waals surface area contributed by atoms with Gasteiger partial charge in [-0.05, 0) is 6.26 Å². The number of aliphatic carboxylic acids is 1. The lowest BCUT2D eigenvalue weighted by molar-refractivity contribution is -0.156. The van der Waals surface area contributed by atoms with Gasteiger partial charge in [-0.15, -0.1) is 23.1 Å². The largest absolute Gasteiger partial charge is 0.481 e. The minimum atomic E-state index is -1.02. The molecule has 2 fully saturated rings. The van der Waals surface area contributed by atoms with Gasteiger partial charge >= 0.3 is 5.97 Å². The molecule has 0 aromatic carbocycles. The van der Waals surface area contributed by atoms with Crippen LogP contribution in [0.1, 0.15) is 0 Å². The average molecular weight is 417 g/mol. The first-order chi connectivity index (χ1) is 12.3. The molecule has 2 aliphatic heterocycles. The van der Waals surface area contributed by atoms with E-state index in [0.29, 0.717) is 11.5 Å². The summed E-state index contributed by atoms with van der Waals surface area (Å²) in [7, 11) is 0. The van der Waals surface area contributed by atoms with E-state index in [2.05, 4.69) is 4.98 Å². The third kappa shape index (κ3) is 2.95. The molecule has 3 atom stereocenters. The van der Waals surface area contributed by atoms with Gasteiger partial charge in [0.05, 0.1) is 0 Å². The van der Waals surface area contributed by atoms with Gasteiger partial charge in [-0.1, -0.05) is 0 Å². The van der Waals surface area contributed by atoms with Crippen molar-refractivity contribution in [2.24, 2.45) is 5.41 Å². The summed E-state index contributed by atoms with van der Waals surface area (Å²) in [6.07, 6.45) is 1.95. The second-order valence-electron chi connectivity index (χ2n) is 6.00. The Morgan fingerprint density at radius 1 is 1.62 bits per heavy atom. The maximum Gasteiger partial charge on any atom is 0.313 e. The van der Waals surface area contributed by atoms with E-state index >= 15 is 0 Å². The predicted molar refractivity (Wildman–Crippen MR) is 100 cm³/mol. The fourth-order valence-electron chi connectivity index (χ4n) is 3.10. The Balaban J connectivity index is 1.86. The molecule has 0 spiro atoms. The van der Waals surface area contributed by atoms with Crippen LogP contribution in [-0.4, -0.2) is 74.8 Å². The lowest BCUT2D eigenvalue weighted by Gasteiger charge is -2.55. The van der Waals surface area contributed by atoms with Crippen molar-refractivity contribution in [3.8, 4) is 0 Å². The molecule has 2 aliphatic rings. The van der Waals surface area contributed by atoms with Gasteiger partial charge in [0.1, 0.15) is 22.6 Å². The monoisotopic (exact) mass is 416 g/mol. The molecule has 1 aromatic heterocycles. The number of thiazole rings is 1. The maximum absolute atomic E-state index is 12.7. The van der Waals surface area contributed by atoms with E-state index in [9.17, 15) is 24.3 Å². The number of nitrogens with zero attached hydrogens (tertiary/aromatic N) is 3. The highest BCUT2D eigenvalue weighted by Crippen LogP contribution is 2.45. The number of aldehydes is 1. The van der Waals surface area contributed by atoms with Crippen molar-refractivity contribution in [3.63, 3.8) is 0 Å². The molecule has 3 rings (SSSR count). The van der Waals surface area contributed by atoms with Crippen molar-refractivity contribution in [2.45, 2.75) is 11.4 Å². The molecule has 0 bridgehead atoms. The van der Waals surface area contributed by atoms with E-state index in [4.69, 9.17) is 5.73 Å². The number of carboxylic acids is 1. The molecular formula is C14H16N4O5S3. The van der Waals surface area contributed by atoms with Gasteiger partial charge in [0.2, 0.25) is 12.2 Å². The Bertz CT molecular complexity index is 772. The molecule has 3 N–H and O–H groups in total. The van der Waals surface area contributed by atoms with Crippen molar-refractivity contribution in [3.05, 3.63) is 5.38 Å². The first-order valence-corrected chi connectivity index (χ1v) is 10.8. The molecule has 0 aliphatic carbocycles. The number of hydrogen-bond acceptors (Lipinski definition) is 9. The second-order valence-corrected chi connectivity index (χ2v) is 8.86. The van der Waals surface area contributed by atoms with Crippen LogP contribution in [-0.2, 0) is 19.2 Å². The highest BCUT2D eigenvalue weighted by molar-refractivity contribution is 8.00.